The Kier molecular flexibility index (Phi) is 4.34. The predicted octanol–water partition coefficient (Wildman–Crippen LogP) is 5.11. The molecular weight excluding hydrogens is 324 g/mol. The summed E-state index contributed by atoms with van der Waals surface area (Å²) < 4.78 is 0.871. The van der Waals surface area contributed by atoms with E-state index in [0.29, 0.717) is 5.02 Å². The summed E-state index contributed by atoms with van der Waals surface area (Å²) in [5, 5.41) is 11.2. The maximum absolute atomic E-state index is 10.6. The topological polar surface area (TPSA) is 20.2 Å². The van der Waals surface area contributed by atoms with Gasteiger partial charge in [0.2, 0.25) is 0 Å². The van der Waals surface area contributed by atoms with Crippen molar-refractivity contribution in [2.24, 2.45) is 0 Å². The van der Waals surface area contributed by atoms with Crippen molar-refractivity contribution in [1.82, 2.24) is 0 Å². The number of rotatable bonds is 2. The fraction of sp³-hybridized carbons (Fsp3) is 0.250. The molecule has 0 saturated heterocycles. The normalized spacial score (nSPS) is 12.5. The molecule has 0 amide bonds. The Morgan fingerprint density at radius 1 is 0.947 bits per heavy atom. The lowest BCUT2D eigenvalue weighted by Crippen LogP contribution is -2.03. The Morgan fingerprint density at radius 2 is 1.58 bits per heavy atom. The summed E-state index contributed by atoms with van der Waals surface area (Å²) >= 11 is 9.44. The number of aliphatic hydroxyl groups excluding tert-OH is 1. The van der Waals surface area contributed by atoms with Gasteiger partial charge in [0.1, 0.15) is 6.10 Å². The van der Waals surface area contributed by atoms with Gasteiger partial charge in [0.05, 0.1) is 0 Å². The van der Waals surface area contributed by atoms with Crippen LogP contribution in [0.1, 0.15) is 33.9 Å². The largest absolute Gasteiger partial charge is 0.384 e. The highest BCUT2D eigenvalue weighted by Crippen LogP contribution is 2.30. The molecule has 0 radical (unpaired) electrons. The number of benzene rings is 2. The lowest BCUT2D eigenvalue weighted by atomic mass is 9.94. The smallest absolute Gasteiger partial charge is 0.104 e. The second kappa shape index (κ2) is 5.66. The molecule has 1 unspecified atom stereocenters. The number of hydrogen-bond donors (Lipinski definition) is 1. The molecule has 0 aliphatic heterocycles. The first-order chi connectivity index (χ1) is 8.88. The summed E-state index contributed by atoms with van der Waals surface area (Å²) in [6.45, 7) is 6.15. The van der Waals surface area contributed by atoms with Crippen LogP contribution >= 0.6 is 27.5 Å². The van der Waals surface area contributed by atoms with E-state index in [4.69, 9.17) is 11.6 Å². The van der Waals surface area contributed by atoms with Gasteiger partial charge in [-0.3, -0.25) is 0 Å². The minimum absolute atomic E-state index is 0.616. The van der Waals surface area contributed by atoms with Crippen molar-refractivity contribution in [3.05, 3.63) is 67.6 Å². The fourth-order valence-corrected chi connectivity index (χ4v) is 3.08. The van der Waals surface area contributed by atoms with Gasteiger partial charge in [-0.25, -0.2) is 0 Å². The molecule has 0 spiro atoms. The highest BCUT2D eigenvalue weighted by Gasteiger charge is 2.15. The molecule has 100 valence electrons. The van der Waals surface area contributed by atoms with Crippen LogP contribution in [0.15, 0.2) is 34.8 Å². The van der Waals surface area contributed by atoms with Crippen LogP contribution in [0.4, 0.5) is 0 Å². The van der Waals surface area contributed by atoms with Gasteiger partial charge in [-0.1, -0.05) is 39.7 Å². The van der Waals surface area contributed by atoms with Crippen molar-refractivity contribution in [1.29, 1.82) is 0 Å². The first-order valence-corrected chi connectivity index (χ1v) is 7.27. The van der Waals surface area contributed by atoms with Crippen molar-refractivity contribution in [3.63, 3.8) is 0 Å². The molecule has 0 aliphatic rings. The van der Waals surface area contributed by atoms with Crippen molar-refractivity contribution >= 4 is 27.5 Å². The molecule has 0 heterocycles. The van der Waals surface area contributed by atoms with E-state index in [-0.39, 0.29) is 0 Å². The van der Waals surface area contributed by atoms with Crippen LogP contribution in [0.3, 0.4) is 0 Å². The zero-order valence-electron chi connectivity index (χ0n) is 11.2. The molecule has 0 bridgehead atoms. The van der Waals surface area contributed by atoms with E-state index >= 15 is 0 Å². The van der Waals surface area contributed by atoms with Crippen molar-refractivity contribution < 1.29 is 5.11 Å². The molecule has 2 rings (SSSR count). The fourth-order valence-electron chi connectivity index (χ4n) is 2.19. The number of aliphatic hydroxyl groups is 1. The average Bonchev–Trinajstić information content (AvgIpc) is 2.31. The maximum atomic E-state index is 10.6. The van der Waals surface area contributed by atoms with E-state index in [1.165, 1.54) is 11.1 Å². The second-order valence-electron chi connectivity index (χ2n) is 4.90. The first-order valence-electron chi connectivity index (χ1n) is 6.10. The third kappa shape index (κ3) is 3.19. The molecule has 2 aromatic carbocycles. The van der Waals surface area contributed by atoms with E-state index in [1.807, 2.05) is 25.1 Å². The van der Waals surface area contributed by atoms with Gasteiger partial charge in [-0.2, -0.15) is 0 Å². The SMILES string of the molecule is Cc1cc(C)c(C(O)c2cc(Cl)cc(Br)c2)cc1C. The highest BCUT2D eigenvalue weighted by atomic mass is 79.9. The molecule has 0 aromatic heterocycles. The van der Waals surface area contributed by atoms with Crippen LogP contribution in [-0.2, 0) is 0 Å². The molecule has 0 saturated carbocycles. The Bertz CT molecular complexity index is 602. The van der Waals surface area contributed by atoms with Crippen molar-refractivity contribution in [2.45, 2.75) is 26.9 Å². The van der Waals surface area contributed by atoms with Crippen LogP contribution < -0.4 is 0 Å². The summed E-state index contributed by atoms with van der Waals surface area (Å²) in [5.41, 5.74) is 5.23. The molecule has 2 aromatic rings. The summed E-state index contributed by atoms with van der Waals surface area (Å²) in [6.07, 6.45) is -0.658. The van der Waals surface area contributed by atoms with Gasteiger partial charge >= 0.3 is 0 Å². The van der Waals surface area contributed by atoms with Gasteiger partial charge in [0.25, 0.3) is 0 Å². The van der Waals surface area contributed by atoms with Crippen molar-refractivity contribution in [3.8, 4) is 0 Å². The third-order valence-corrected chi connectivity index (χ3v) is 4.05. The molecule has 0 fully saturated rings. The van der Waals surface area contributed by atoms with E-state index in [1.54, 1.807) is 6.07 Å². The van der Waals surface area contributed by atoms with Crippen LogP contribution in [0, 0.1) is 20.8 Å². The second-order valence-corrected chi connectivity index (χ2v) is 6.25. The zero-order valence-corrected chi connectivity index (χ0v) is 13.5. The molecule has 1 N–H and O–H groups in total. The van der Waals surface area contributed by atoms with Gasteiger partial charge in [-0.05, 0) is 66.8 Å². The minimum atomic E-state index is -0.658. The Labute approximate surface area is 127 Å². The van der Waals surface area contributed by atoms with Gasteiger partial charge in [-0.15, -0.1) is 0 Å². The zero-order chi connectivity index (χ0) is 14.2. The Balaban J connectivity index is 2.49. The van der Waals surface area contributed by atoms with Crippen LogP contribution in [0.25, 0.3) is 0 Å². The third-order valence-electron chi connectivity index (χ3n) is 3.38. The van der Waals surface area contributed by atoms with Gasteiger partial charge in [0.15, 0.2) is 0 Å². The van der Waals surface area contributed by atoms with Crippen LogP contribution in [0.2, 0.25) is 5.02 Å². The molecular formula is C16H16BrClO. The summed E-state index contributed by atoms with van der Waals surface area (Å²) in [4.78, 5) is 0. The number of hydrogen-bond acceptors (Lipinski definition) is 1. The summed E-state index contributed by atoms with van der Waals surface area (Å²) in [5.74, 6) is 0. The molecule has 0 aliphatic carbocycles. The van der Waals surface area contributed by atoms with E-state index in [2.05, 4.69) is 35.8 Å². The molecule has 1 nitrogen and oxygen atoms in total. The first kappa shape index (κ1) is 14.6. The number of halogens is 2. The summed E-state index contributed by atoms with van der Waals surface area (Å²) in [7, 11) is 0. The highest BCUT2D eigenvalue weighted by molar-refractivity contribution is 9.10. The summed E-state index contributed by atoms with van der Waals surface area (Å²) in [6, 6.07) is 9.65. The van der Waals surface area contributed by atoms with Gasteiger partial charge < -0.3 is 5.11 Å². The molecule has 19 heavy (non-hydrogen) atoms. The molecule has 3 heteroatoms. The average molecular weight is 340 g/mol. The van der Waals surface area contributed by atoms with E-state index in [9.17, 15) is 5.11 Å². The quantitative estimate of drug-likeness (QED) is 0.806. The van der Waals surface area contributed by atoms with Crippen molar-refractivity contribution in [2.75, 3.05) is 0 Å². The predicted molar refractivity (Wildman–Crippen MR) is 83.9 cm³/mol. The van der Waals surface area contributed by atoms with E-state index in [0.717, 1.165) is 21.2 Å². The monoisotopic (exact) mass is 338 g/mol. The lowest BCUT2D eigenvalue weighted by molar-refractivity contribution is 0.219. The number of aryl methyl sites for hydroxylation is 3. The maximum Gasteiger partial charge on any atom is 0.104 e. The standard InChI is InChI=1S/C16H16BrClO/c1-9-4-11(3)15(5-10(9)2)16(19)12-6-13(17)8-14(18)7-12/h4-8,16,19H,1-3H3. The Hall–Kier alpha value is -0.830. The molecule has 1 atom stereocenters. The van der Waals surface area contributed by atoms with Crippen LogP contribution in [-0.4, -0.2) is 5.11 Å². The minimum Gasteiger partial charge on any atom is -0.384 e. The van der Waals surface area contributed by atoms with Gasteiger partial charge in [0, 0.05) is 9.50 Å². The lowest BCUT2D eigenvalue weighted by Gasteiger charge is -2.17. The van der Waals surface area contributed by atoms with E-state index < -0.39 is 6.10 Å². The Morgan fingerprint density at radius 3 is 2.21 bits per heavy atom. The van der Waals surface area contributed by atoms with Crippen LogP contribution in [0.5, 0.6) is 0 Å².